The highest BCUT2D eigenvalue weighted by Gasteiger charge is 2.70. The molecule has 6 nitrogen and oxygen atoms in total. The number of benzene rings is 2. The van der Waals surface area contributed by atoms with Crippen molar-refractivity contribution in [3.63, 3.8) is 0 Å². The first kappa shape index (κ1) is 18.0. The average Bonchev–Trinajstić information content (AvgIpc) is 3.49. The predicted octanol–water partition coefficient (Wildman–Crippen LogP) is 3.52. The first-order valence-electron chi connectivity index (χ1n) is 10.1. The number of amides is 2. The van der Waals surface area contributed by atoms with Gasteiger partial charge in [0.05, 0.1) is 30.3 Å². The Morgan fingerprint density at radius 2 is 1.70 bits per heavy atom. The van der Waals surface area contributed by atoms with E-state index in [9.17, 15) is 9.59 Å². The number of rotatable bonds is 3. The van der Waals surface area contributed by atoms with Crippen molar-refractivity contribution >= 4 is 34.8 Å². The van der Waals surface area contributed by atoms with Crippen LogP contribution in [0.15, 0.2) is 53.7 Å². The number of fused-ring (bicyclic) bond motifs is 8. The van der Waals surface area contributed by atoms with Gasteiger partial charge in [0, 0.05) is 22.4 Å². The van der Waals surface area contributed by atoms with Crippen molar-refractivity contribution in [2.24, 2.45) is 34.7 Å². The number of nitrogens with zero attached hydrogens (tertiary/aromatic N) is 2. The molecule has 6 atom stereocenters. The Morgan fingerprint density at radius 1 is 1.00 bits per heavy atom. The molecule has 2 bridgehead atoms. The molecule has 2 saturated carbocycles. The van der Waals surface area contributed by atoms with Gasteiger partial charge in [0.15, 0.2) is 0 Å². The van der Waals surface area contributed by atoms with E-state index < -0.39 is 0 Å². The highest BCUT2D eigenvalue weighted by atomic mass is 35.5. The molecule has 4 aliphatic rings. The zero-order valence-electron chi connectivity index (χ0n) is 16.2. The average molecular weight is 423 g/mol. The van der Waals surface area contributed by atoms with Crippen LogP contribution in [0.2, 0.25) is 5.02 Å². The Hall–Kier alpha value is -2.86. The fourth-order valence-corrected chi connectivity index (χ4v) is 6.24. The largest absolute Gasteiger partial charge is 0.497 e. The second-order valence-corrected chi connectivity index (χ2v) is 8.78. The molecular formula is C23H19ClN2O4. The smallest absolute Gasteiger partial charge is 0.238 e. The van der Waals surface area contributed by atoms with Crippen molar-refractivity contribution in [2.75, 3.05) is 12.0 Å². The first-order chi connectivity index (χ1) is 14.6. The summed E-state index contributed by atoms with van der Waals surface area (Å²) in [6, 6.07) is 14.6. The zero-order valence-corrected chi connectivity index (χ0v) is 17.0. The molecule has 6 rings (SSSR count). The van der Waals surface area contributed by atoms with Crippen LogP contribution in [0.1, 0.15) is 12.0 Å². The maximum atomic E-state index is 13.4. The summed E-state index contributed by atoms with van der Waals surface area (Å²) in [5.74, 6) is -0.227. The number of anilines is 1. The maximum absolute atomic E-state index is 13.4. The Labute approximate surface area is 178 Å². The molecule has 7 heteroatoms. The van der Waals surface area contributed by atoms with Crippen molar-refractivity contribution in [2.45, 2.75) is 12.5 Å². The van der Waals surface area contributed by atoms with Gasteiger partial charge in [0.25, 0.3) is 0 Å². The SMILES string of the molecule is COc1ccc(N2C(=O)[C@@H]3[C@H]4C[C@@H]([C@@H]5C(c6ccccc6Cl)=NO[C@H]45)[C@@H]3C2=O)cc1. The van der Waals surface area contributed by atoms with Crippen molar-refractivity contribution in [3.05, 3.63) is 59.1 Å². The van der Waals surface area contributed by atoms with Crippen molar-refractivity contribution < 1.29 is 19.2 Å². The molecular weight excluding hydrogens is 404 g/mol. The molecule has 0 radical (unpaired) electrons. The lowest BCUT2D eigenvalue weighted by atomic mass is 9.71. The van der Waals surface area contributed by atoms with Gasteiger partial charge < -0.3 is 9.57 Å². The number of hydrogen-bond donors (Lipinski definition) is 0. The van der Waals surface area contributed by atoms with Gasteiger partial charge in [0.1, 0.15) is 11.9 Å². The number of carbonyl (C=O) groups excluding carboxylic acids is 2. The fourth-order valence-electron chi connectivity index (χ4n) is 6.00. The number of methoxy groups -OCH3 is 1. The van der Waals surface area contributed by atoms with Crippen LogP contribution in [-0.4, -0.2) is 30.7 Å². The van der Waals surface area contributed by atoms with Crippen molar-refractivity contribution in [1.29, 1.82) is 0 Å². The van der Waals surface area contributed by atoms with E-state index in [2.05, 4.69) is 5.16 Å². The minimum Gasteiger partial charge on any atom is -0.497 e. The molecule has 30 heavy (non-hydrogen) atoms. The zero-order chi connectivity index (χ0) is 20.6. The van der Waals surface area contributed by atoms with Crippen LogP contribution < -0.4 is 9.64 Å². The molecule has 152 valence electrons. The quantitative estimate of drug-likeness (QED) is 0.710. The number of ether oxygens (including phenoxy) is 1. The summed E-state index contributed by atoms with van der Waals surface area (Å²) in [7, 11) is 1.58. The van der Waals surface area contributed by atoms with E-state index in [0.29, 0.717) is 16.5 Å². The third kappa shape index (κ3) is 2.23. The third-order valence-corrected chi connectivity index (χ3v) is 7.50. The van der Waals surface area contributed by atoms with Gasteiger partial charge in [-0.3, -0.25) is 14.5 Å². The fraction of sp³-hybridized carbons (Fsp3) is 0.348. The molecule has 2 amide bonds. The highest BCUT2D eigenvalue weighted by molar-refractivity contribution is 6.34. The number of imide groups is 1. The molecule has 0 spiro atoms. The Kier molecular flexibility index (Phi) is 3.78. The molecule has 1 saturated heterocycles. The summed E-state index contributed by atoms with van der Waals surface area (Å²) in [5.41, 5.74) is 2.24. The van der Waals surface area contributed by atoms with Gasteiger partial charge in [0.2, 0.25) is 11.8 Å². The van der Waals surface area contributed by atoms with E-state index in [0.717, 1.165) is 17.7 Å². The van der Waals surface area contributed by atoms with Crippen LogP contribution in [0.3, 0.4) is 0 Å². The summed E-state index contributed by atoms with van der Waals surface area (Å²) in [6.07, 6.45) is 0.636. The minimum atomic E-state index is -0.341. The number of hydrogen-bond acceptors (Lipinski definition) is 5. The van der Waals surface area contributed by atoms with Crippen LogP contribution in [-0.2, 0) is 14.4 Å². The predicted molar refractivity (Wildman–Crippen MR) is 110 cm³/mol. The van der Waals surface area contributed by atoms with Gasteiger partial charge in [-0.15, -0.1) is 0 Å². The van der Waals surface area contributed by atoms with Crippen LogP contribution in [0.5, 0.6) is 5.75 Å². The molecule has 2 aromatic rings. The van der Waals surface area contributed by atoms with Gasteiger partial charge in [-0.1, -0.05) is 35.0 Å². The number of oxime groups is 1. The van der Waals surface area contributed by atoms with Crippen molar-refractivity contribution in [1.82, 2.24) is 0 Å². The van der Waals surface area contributed by atoms with Gasteiger partial charge in [-0.25, -0.2) is 0 Å². The minimum absolute atomic E-state index is 0.00608. The van der Waals surface area contributed by atoms with E-state index in [1.165, 1.54) is 4.90 Å². The van der Waals surface area contributed by atoms with E-state index in [4.69, 9.17) is 21.2 Å². The van der Waals surface area contributed by atoms with E-state index in [-0.39, 0.29) is 47.5 Å². The normalized spacial score (nSPS) is 33.4. The third-order valence-electron chi connectivity index (χ3n) is 7.17. The van der Waals surface area contributed by atoms with Crippen LogP contribution >= 0.6 is 11.6 Å². The Balaban J connectivity index is 1.35. The monoisotopic (exact) mass is 422 g/mol. The van der Waals surface area contributed by atoms with Crippen LogP contribution in [0, 0.1) is 29.6 Å². The lowest BCUT2D eigenvalue weighted by Crippen LogP contribution is -2.41. The number of carbonyl (C=O) groups is 2. The Bertz CT molecular complexity index is 1100. The summed E-state index contributed by atoms with van der Waals surface area (Å²) < 4.78 is 5.19. The molecule has 2 heterocycles. The Morgan fingerprint density at radius 3 is 2.40 bits per heavy atom. The van der Waals surface area contributed by atoms with Crippen molar-refractivity contribution in [3.8, 4) is 5.75 Å². The standard InChI is InChI=1S/C23H19ClN2O4/c1-29-12-8-6-11(7-9-12)26-22(27)17-14-10-15(18(17)23(26)28)21-19(14)20(25-30-21)13-4-2-3-5-16(13)24/h2-9,14-15,17-19,21H,10H2,1H3/t14-,15-,17+,18-,19-,21-/m1/s1. The molecule has 0 N–H and O–H groups in total. The number of halogens is 1. The molecule has 2 aliphatic carbocycles. The first-order valence-corrected chi connectivity index (χ1v) is 10.5. The van der Waals surface area contributed by atoms with E-state index in [1.807, 2.05) is 24.3 Å². The molecule has 0 unspecified atom stereocenters. The van der Waals surface area contributed by atoms with Crippen LogP contribution in [0.4, 0.5) is 5.69 Å². The lowest BCUT2D eigenvalue weighted by molar-refractivity contribution is -0.125. The molecule has 2 aliphatic heterocycles. The second-order valence-electron chi connectivity index (χ2n) is 8.38. The summed E-state index contributed by atoms with van der Waals surface area (Å²) in [5, 5.41) is 4.97. The highest BCUT2D eigenvalue weighted by Crippen LogP contribution is 2.62. The van der Waals surface area contributed by atoms with E-state index in [1.54, 1.807) is 31.4 Å². The summed E-state index contributed by atoms with van der Waals surface area (Å²) >= 11 is 6.41. The van der Waals surface area contributed by atoms with Crippen LogP contribution in [0.25, 0.3) is 0 Å². The van der Waals surface area contributed by atoms with Gasteiger partial charge >= 0.3 is 0 Å². The molecule has 0 aromatic heterocycles. The maximum Gasteiger partial charge on any atom is 0.238 e. The summed E-state index contributed by atoms with van der Waals surface area (Å²) in [4.78, 5) is 33.9. The molecule has 2 aromatic carbocycles. The van der Waals surface area contributed by atoms with Gasteiger partial charge in [-0.05, 0) is 42.7 Å². The van der Waals surface area contributed by atoms with E-state index >= 15 is 0 Å². The lowest BCUT2D eigenvalue weighted by Gasteiger charge is -2.30. The summed E-state index contributed by atoms with van der Waals surface area (Å²) in [6.45, 7) is 0. The van der Waals surface area contributed by atoms with Gasteiger partial charge in [-0.2, -0.15) is 0 Å². The molecule has 3 fully saturated rings. The topological polar surface area (TPSA) is 68.2 Å². The second kappa shape index (κ2) is 6.32.